The summed E-state index contributed by atoms with van der Waals surface area (Å²) in [6.45, 7) is 0. The number of nitrogens with zero attached hydrogens (tertiary/aromatic N) is 1. The smallest absolute Gasteiger partial charge is 0.308 e. The Kier molecular flexibility index (Phi) is 4.15. The molecule has 1 fully saturated rings. The van der Waals surface area contributed by atoms with Crippen molar-refractivity contribution in [3.63, 3.8) is 0 Å². The first-order valence-electron chi connectivity index (χ1n) is 6.37. The van der Waals surface area contributed by atoms with Gasteiger partial charge in [-0.15, -0.1) is 0 Å². The minimum atomic E-state index is -1.10. The van der Waals surface area contributed by atoms with Gasteiger partial charge in [0.1, 0.15) is 0 Å². The number of carboxylic acids is 1. The van der Waals surface area contributed by atoms with Crippen molar-refractivity contribution in [3.8, 4) is 0 Å². The summed E-state index contributed by atoms with van der Waals surface area (Å²) < 4.78 is 13.5. The zero-order chi connectivity index (χ0) is 15.6. The standard InChI is InChI=1S/C13H13FN2O5/c14-9-6-7(4-5-11(9)16(20)21)12(17)15-10-3-1-2-8(10)13(18)19/h4-6,8,10H,1-3H2,(H,15,17)(H,18,19). The molecule has 0 heterocycles. The van der Waals surface area contributed by atoms with Gasteiger partial charge in [0, 0.05) is 17.7 Å². The number of nitro benzene ring substituents is 1. The molecule has 1 aromatic rings. The molecule has 0 saturated heterocycles. The van der Waals surface area contributed by atoms with E-state index in [1.54, 1.807) is 0 Å². The largest absolute Gasteiger partial charge is 0.481 e. The van der Waals surface area contributed by atoms with Crippen molar-refractivity contribution in [2.24, 2.45) is 5.92 Å². The maximum Gasteiger partial charge on any atom is 0.308 e. The summed E-state index contributed by atoms with van der Waals surface area (Å²) >= 11 is 0. The van der Waals surface area contributed by atoms with Gasteiger partial charge < -0.3 is 10.4 Å². The van der Waals surface area contributed by atoms with Gasteiger partial charge in [0.25, 0.3) is 5.91 Å². The van der Waals surface area contributed by atoms with Gasteiger partial charge in [-0.25, -0.2) is 0 Å². The molecular formula is C13H13FN2O5. The van der Waals surface area contributed by atoms with E-state index in [1.165, 1.54) is 0 Å². The number of halogens is 1. The van der Waals surface area contributed by atoms with Crippen molar-refractivity contribution in [1.82, 2.24) is 5.32 Å². The lowest BCUT2D eigenvalue weighted by Crippen LogP contribution is -2.40. The van der Waals surface area contributed by atoms with Crippen LogP contribution in [0.1, 0.15) is 29.6 Å². The molecule has 2 rings (SSSR count). The Morgan fingerprint density at radius 3 is 2.67 bits per heavy atom. The highest BCUT2D eigenvalue weighted by Crippen LogP contribution is 2.26. The molecule has 0 aliphatic heterocycles. The topological polar surface area (TPSA) is 110 Å². The zero-order valence-corrected chi connectivity index (χ0v) is 10.9. The average Bonchev–Trinajstić information content (AvgIpc) is 2.86. The van der Waals surface area contributed by atoms with Gasteiger partial charge in [-0.2, -0.15) is 4.39 Å². The molecule has 1 aliphatic rings. The Labute approximate surface area is 118 Å². The molecule has 0 radical (unpaired) electrons. The maximum absolute atomic E-state index is 13.5. The number of amides is 1. The third-order valence-corrected chi connectivity index (χ3v) is 3.56. The first-order valence-corrected chi connectivity index (χ1v) is 6.37. The van der Waals surface area contributed by atoms with Crippen LogP contribution < -0.4 is 5.32 Å². The Morgan fingerprint density at radius 2 is 2.10 bits per heavy atom. The highest BCUT2D eigenvalue weighted by atomic mass is 19.1. The van der Waals surface area contributed by atoms with Crippen LogP contribution in [0.5, 0.6) is 0 Å². The second-order valence-corrected chi connectivity index (χ2v) is 4.88. The Bertz CT molecular complexity index is 604. The summed E-state index contributed by atoms with van der Waals surface area (Å²) in [5, 5.41) is 22.1. The Balaban J connectivity index is 2.12. The van der Waals surface area contributed by atoms with E-state index in [1.807, 2.05) is 0 Å². The van der Waals surface area contributed by atoms with E-state index in [0.29, 0.717) is 19.3 Å². The molecule has 2 N–H and O–H groups in total. The van der Waals surface area contributed by atoms with E-state index in [-0.39, 0.29) is 5.56 Å². The van der Waals surface area contributed by atoms with E-state index in [9.17, 15) is 24.1 Å². The zero-order valence-electron chi connectivity index (χ0n) is 10.9. The van der Waals surface area contributed by atoms with Gasteiger partial charge in [-0.3, -0.25) is 19.7 Å². The molecule has 2 unspecified atom stereocenters. The molecule has 21 heavy (non-hydrogen) atoms. The SMILES string of the molecule is O=C(NC1CCCC1C(=O)O)c1ccc([N+](=O)[O-])c(F)c1. The molecule has 0 bridgehead atoms. The summed E-state index contributed by atoms with van der Waals surface area (Å²) in [7, 11) is 0. The molecule has 1 aromatic carbocycles. The fourth-order valence-electron chi connectivity index (χ4n) is 2.48. The van der Waals surface area contributed by atoms with Crippen LogP contribution >= 0.6 is 0 Å². The molecule has 0 spiro atoms. The summed E-state index contributed by atoms with van der Waals surface area (Å²) in [5.74, 6) is -3.37. The fourth-order valence-corrected chi connectivity index (χ4v) is 2.48. The van der Waals surface area contributed by atoms with Crippen molar-refractivity contribution in [2.75, 3.05) is 0 Å². The maximum atomic E-state index is 13.5. The van der Waals surface area contributed by atoms with Crippen molar-refractivity contribution in [3.05, 3.63) is 39.7 Å². The highest BCUT2D eigenvalue weighted by Gasteiger charge is 2.34. The van der Waals surface area contributed by atoms with Crippen LogP contribution in [0.15, 0.2) is 18.2 Å². The summed E-state index contributed by atoms with van der Waals surface area (Å²) in [5.41, 5.74) is -0.787. The van der Waals surface area contributed by atoms with E-state index in [4.69, 9.17) is 5.11 Å². The lowest BCUT2D eigenvalue weighted by Gasteiger charge is -2.17. The molecule has 112 valence electrons. The second kappa shape index (κ2) is 5.86. The minimum absolute atomic E-state index is 0.0749. The van der Waals surface area contributed by atoms with Gasteiger partial charge in [0.05, 0.1) is 10.8 Å². The van der Waals surface area contributed by atoms with E-state index >= 15 is 0 Å². The second-order valence-electron chi connectivity index (χ2n) is 4.88. The number of rotatable bonds is 4. The number of nitro groups is 1. The monoisotopic (exact) mass is 296 g/mol. The lowest BCUT2D eigenvalue weighted by molar-refractivity contribution is -0.387. The average molecular weight is 296 g/mol. The number of carboxylic acid groups (broad SMARTS) is 1. The number of carbonyl (C=O) groups excluding carboxylic acids is 1. The van der Waals surface area contributed by atoms with Gasteiger partial charge >= 0.3 is 11.7 Å². The third kappa shape index (κ3) is 3.15. The molecule has 1 aliphatic carbocycles. The quantitative estimate of drug-likeness (QED) is 0.649. The van der Waals surface area contributed by atoms with Crippen LogP contribution in [-0.2, 0) is 4.79 Å². The van der Waals surface area contributed by atoms with Crippen LogP contribution in [-0.4, -0.2) is 27.9 Å². The van der Waals surface area contributed by atoms with E-state index in [2.05, 4.69) is 5.32 Å². The number of hydrogen-bond donors (Lipinski definition) is 2. The van der Waals surface area contributed by atoms with Crippen molar-refractivity contribution in [2.45, 2.75) is 25.3 Å². The summed E-state index contributed by atoms with van der Waals surface area (Å²) in [6, 6.07) is 2.32. The Hall–Kier alpha value is -2.51. The van der Waals surface area contributed by atoms with E-state index in [0.717, 1.165) is 18.2 Å². The minimum Gasteiger partial charge on any atom is -0.481 e. The van der Waals surface area contributed by atoms with Crippen LogP contribution in [0.4, 0.5) is 10.1 Å². The highest BCUT2D eigenvalue weighted by molar-refractivity contribution is 5.95. The third-order valence-electron chi connectivity index (χ3n) is 3.56. The molecular weight excluding hydrogens is 283 g/mol. The number of benzene rings is 1. The molecule has 7 nitrogen and oxygen atoms in total. The lowest BCUT2D eigenvalue weighted by atomic mass is 10.0. The van der Waals surface area contributed by atoms with Crippen molar-refractivity contribution < 1.29 is 24.0 Å². The van der Waals surface area contributed by atoms with Gasteiger partial charge in [-0.1, -0.05) is 6.42 Å². The molecule has 0 aromatic heterocycles. The van der Waals surface area contributed by atoms with Crippen molar-refractivity contribution in [1.29, 1.82) is 0 Å². The van der Waals surface area contributed by atoms with Crippen LogP contribution in [0, 0.1) is 21.8 Å². The first-order chi connectivity index (χ1) is 9.90. The van der Waals surface area contributed by atoms with Gasteiger partial charge in [-0.05, 0) is 25.0 Å². The predicted molar refractivity (Wildman–Crippen MR) is 69.3 cm³/mol. The van der Waals surface area contributed by atoms with E-state index < -0.39 is 40.3 Å². The van der Waals surface area contributed by atoms with Crippen LogP contribution in [0.3, 0.4) is 0 Å². The number of hydrogen-bond acceptors (Lipinski definition) is 4. The fraction of sp³-hybridized carbons (Fsp3) is 0.385. The Morgan fingerprint density at radius 1 is 1.38 bits per heavy atom. The molecule has 1 amide bonds. The molecule has 8 heteroatoms. The van der Waals surface area contributed by atoms with Crippen LogP contribution in [0.25, 0.3) is 0 Å². The molecule has 1 saturated carbocycles. The van der Waals surface area contributed by atoms with Gasteiger partial charge in [0.15, 0.2) is 0 Å². The first kappa shape index (κ1) is 14.9. The van der Waals surface area contributed by atoms with Crippen LogP contribution in [0.2, 0.25) is 0 Å². The summed E-state index contributed by atoms with van der Waals surface area (Å²) in [4.78, 5) is 32.6. The molecule has 2 atom stereocenters. The number of carbonyl (C=O) groups is 2. The number of aliphatic carboxylic acids is 1. The van der Waals surface area contributed by atoms with Crippen molar-refractivity contribution >= 4 is 17.6 Å². The number of nitrogens with one attached hydrogen (secondary N) is 1. The predicted octanol–water partition coefficient (Wildman–Crippen LogP) is 1.72. The van der Waals surface area contributed by atoms with Gasteiger partial charge in [0.2, 0.25) is 5.82 Å². The summed E-state index contributed by atoms with van der Waals surface area (Å²) in [6.07, 6.45) is 1.71. The normalized spacial score (nSPS) is 21.0.